The molecule has 84 valence electrons. The smallest absolute Gasteiger partial charge is 0.182 e. The van der Waals surface area contributed by atoms with Crippen LogP contribution in [-0.2, 0) is 4.74 Å². The first kappa shape index (κ1) is 10.8. The number of aromatic nitrogens is 2. The number of anilines is 1. The van der Waals surface area contributed by atoms with E-state index in [9.17, 15) is 0 Å². The van der Waals surface area contributed by atoms with Crippen molar-refractivity contribution < 1.29 is 4.74 Å². The maximum absolute atomic E-state index is 8.89. The van der Waals surface area contributed by atoms with Gasteiger partial charge in [0.2, 0.25) is 0 Å². The molecule has 0 aromatic carbocycles. The van der Waals surface area contributed by atoms with Gasteiger partial charge in [-0.1, -0.05) is 0 Å². The topological polar surface area (TPSA) is 70.8 Å². The molecule has 1 aromatic heterocycles. The first-order valence-electron chi connectivity index (χ1n) is 5.35. The summed E-state index contributed by atoms with van der Waals surface area (Å²) < 4.78 is 5.38. The van der Waals surface area contributed by atoms with Crippen LogP contribution in [0.4, 0.5) is 5.82 Å². The molecule has 0 spiro atoms. The number of methoxy groups -OCH3 is 1. The van der Waals surface area contributed by atoms with Crippen molar-refractivity contribution in [3.63, 3.8) is 0 Å². The second kappa shape index (κ2) is 4.90. The largest absolute Gasteiger partial charge is 0.379 e. The Bertz CT molecular complexity index is 401. The van der Waals surface area contributed by atoms with Gasteiger partial charge < -0.3 is 10.1 Å². The Hall–Kier alpha value is -1.67. The minimum atomic E-state index is 0.202. The van der Waals surface area contributed by atoms with E-state index in [1.54, 1.807) is 13.3 Å². The van der Waals surface area contributed by atoms with Gasteiger partial charge >= 0.3 is 0 Å². The standard InChI is InChI=1S/C11H14N4O/c1-16-10-4-2-3-8(10)15-11-9(7-12)13-5-6-14-11/h5-6,8,10H,2-4H2,1H3,(H,14,15). The van der Waals surface area contributed by atoms with E-state index in [0.29, 0.717) is 11.5 Å². The molecule has 1 saturated carbocycles. The van der Waals surface area contributed by atoms with Crippen molar-refractivity contribution in [2.75, 3.05) is 12.4 Å². The van der Waals surface area contributed by atoms with Crippen molar-refractivity contribution in [3.05, 3.63) is 18.1 Å². The Morgan fingerprint density at radius 3 is 3.00 bits per heavy atom. The molecule has 2 atom stereocenters. The molecule has 1 fully saturated rings. The van der Waals surface area contributed by atoms with Gasteiger partial charge in [0.1, 0.15) is 6.07 Å². The fourth-order valence-electron chi connectivity index (χ4n) is 2.07. The van der Waals surface area contributed by atoms with Gasteiger partial charge in [0, 0.05) is 19.5 Å². The van der Waals surface area contributed by atoms with Gasteiger partial charge in [-0.25, -0.2) is 9.97 Å². The van der Waals surface area contributed by atoms with Gasteiger partial charge in [-0.05, 0) is 19.3 Å². The van der Waals surface area contributed by atoms with Crippen LogP contribution in [0.1, 0.15) is 25.0 Å². The number of nitriles is 1. The zero-order valence-corrected chi connectivity index (χ0v) is 9.18. The molecule has 1 aliphatic carbocycles. The first-order chi connectivity index (χ1) is 7.85. The molecule has 1 aliphatic rings. The van der Waals surface area contributed by atoms with Crippen LogP contribution < -0.4 is 5.32 Å². The Balaban J connectivity index is 2.12. The average Bonchev–Trinajstić information content (AvgIpc) is 2.77. The highest BCUT2D eigenvalue weighted by Gasteiger charge is 2.27. The van der Waals surface area contributed by atoms with Gasteiger partial charge in [0.25, 0.3) is 0 Å². The van der Waals surface area contributed by atoms with Gasteiger partial charge in [0.15, 0.2) is 11.5 Å². The molecule has 1 aromatic rings. The predicted octanol–water partition coefficient (Wildman–Crippen LogP) is 1.33. The fourth-order valence-corrected chi connectivity index (χ4v) is 2.07. The summed E-state index contributed by atoms with van der Waals surface area (Å²) in [6.07, 6.45) is 6.54. The Morgan fingerprint density at radius 1 is 1.44 bits per heavy atom. The predicted molar refractivity (Wildman–Crippen MR) is 58.8 cm³/mol. The molecule has 5 nitrogen and oxygen atoms in total. The number of hydrogen-bond acceptors (Lipinski definition) is 5. The lowest BCUT2D eigenvalue weighted by atomic mass is 10.2. The van der Waals surface area contributed by atoms with Crippen LogP contribution in [0.3, 0.4) is 0 Å². The molecule has 1 N–H and O–H groups in total. The van der Waals surface area contributed by atoms with Crippen molar-refractivity contribution in [2.24, 2.45) is 0 Å². The molecule has 2 unspecified atom stereocenters. The third-order valence-electron chi connectivity index (χ3n) is 2.88. The van der Waals surface area contributed by atoms with E-state index in [4.69, 9.17) is 10.00 Å². The summed E-state index contributed by atoms with van der Waals surface area (Å²) in [6.45, 7) is 0. The molecular weight excluding hydrogens is 204 g/mol. The zero-order chi connectivity index (χ0) is 11.4. The molecule has 2 rings (SSSR count). The maximum atomic E-state index is 8.89. The number of rotatable bonds is 3. The number of nitrogens with zero attached hydrogens (tertiary/aromatic N) is 3. The quantitative estimate of drug-likeness (QED) is 0.828. The highest BCUT2D eigenvalue weighted by atomic mass is 16.5. The maximum Gasteiger partial charge on any atom is 0.182 e. The summed E-state index contributed by atoms with van der Waals surface area (Å²) in [4.78, 5) is 8.09. The molecule has 0 aliphatic heterocycles. The Labute approximate surface area is 94.5 Å². The van der Waals surface area contributed by atoms with E-state index in [1.807, 2.05) is 6.07 Å². The lowest BCUT2D eigenvalue weighted by molar-refractivity contribution is 0.101. The summed E-state index contributed by atoms with van der Waals surface area (Å²) in [5.74, 6) is 0.555. The van der Waals surface area contributed by atoms with E-state index in [0.717, 1.165) is 19.3 Å². The monoisotopic (exact) mass is 218 g/mol. The molecule has 0 bridgehead atoms. The molecule has 1 heterocycles. The molecule has 0 saturated heterocycles. The van der Waals surface area contributed by atoms with Crippen LogP contribution in [0, 0.1) is 11.3 Å². The fraction of sp³-hybridized carbons (Fsp3) is 0.545. The minimum Gasteiger partial charge on any atom is -0.379 e. The van der Waals surface area contributed by atoms with Crippen molar-refractivity contribution in [1.82, 2.24) is 9.97 Å². The van der Waals surface area contributed by atoms with Crippen LogP contribution in [0.2, 0.25) is 0 Å². The first-order valence-corrected chi connectivity index (χ1v) is 5.35. The van der Waals surface area contributed by atoms with E-state index in [-0.39, 0.29) is 12.1 Å². The third-order valence-corrected chi connectivity index (χ3v) is 2.88. The Morgan fingerprint density at radius 2 is 2.25 bits per heavy atom. The van der Waals surface area contributed by atoms with Crippen molar-refractivity contribution >= 4 is 5.82 Å². The number of nitrogens with one attached hydrogen (secondary N) is 1. The zero-order valence-electron chi connectivity index (χ0n) is 9.18. The van der Waals surface area contributed by atoms with E-state index >= 15 is 0 Å². The molecule has 0 radical (unpaired) electrons. The van der Waals surface area contributed by atoms with E-state index < -0.39 is 0 Å². The van der Waals surface area contributed by atoms with Crippen LogP contribution >= 0.6 is 0 Å². The lowest BCUT2D eigenvalue weighted by Crippen LogP contribution is -2.30. The highest BCUT2D eigenvalue weighted by Crippen LogP contribution is 2.24. The van der Waals surface area contributed by atoms with E-state index in [2.05, 4.69) is 15.3 Å². The summed E-state index contributed by atoms with van der Waals surface area (Å²) in [7, 11) is 1.71. The van der Waals surface area contributed by atoms with Gasteiger partial charge in [0.05, 0.1) is 12.1 Å². The molecule has 5 heteroatoms. The summed E-state index contributed by atoms with van der Waals surface area (Å²) >= 11 is 0. The minimum absolute atomic E-state index is 0.202. The molecule has 0 amide bonds. The van der Waals surface area contributed by atoms with Gasteiger partial charge in [-0.15, -0.1) is 0 Å². The van der Waals surface area contributed by atoms with Crippen molar-refractivity contribution in [1.29, 1.82) is 5.26 Å². The summed E-state index contributed by atoms with van der Waals surface area (Å²) in [6, 6.07) is 2.26. The summed E-state index contributed by atoms with van der Waals surface area (Å²) in [5, 5.41) is 12.1. The number of hydrogen-bond donors (Lipinski definition) is 1. The van der Waals surface area contributed by atoms with Crippen molar-refractivity contribution in [2.45, 2.75) is 31.4 Å². The second-order valence-electron chi connectivity index (χ2n) is 3.82. The average molecular weight is 218 g/mol. The van der Waals surface area contributed by atoms with Crippen LogP contribution in [0.5, 0.6) is 0 Å². The second-order valence-corrected chi connectivity index (χ2v) is 3.82. The van der Waals surface area contributed by atoms with Crippen molar-refractivity contribution in [3.8, 4) is 6.07 Å². The van der Waals surface area contributed by atoms with E-state index in [1.165, 1.54) is 6.20 Å². The lowest BCUT2D eigenvalue weighted by Gasteiger charge is -2.20. The molecule has 16 heavy (non-hydrogen) atoms. The van der Waals surface area contributed by atoms with Crippen LogP contribution in [0.15, 0.2) is 12.4 Å². The highest BCUT2D eigenvalue weighted by molar-refractivity contribution is 5.47. The summed E-state index contributed by atoms with van der Waals surface area (Å²) in [5.41, 5.74) is 0.337. The molecular formula is C11H14N4O. The van der Waals surface area contributed by atoms with Gasteiger partial charge in [-0.3, -0.25) is 0 Å². The number of ether oxygens (including phenoxy) is 1. The SMILES string of the molecule is COC1CCCC1Nc1nccnc1C#N. The third kappa shape index (κ3) is 2.12. The van der Waals surface area contributed by atoms with Crippen LogP contribution in [0.25, 0.3) is 0 Å². The van der Waals surface area contributed by atoms with Gasteiger partial charge in [-0.2, -0.15) is 5.26 Å². The van der Waals surface area contributed by atoms with Crippen LogP contribution in [-0.4, -0.2) is 29.2 Å². The Kier molecular flexibility index (Phi) is 3.32. The normalized spacial score (nSPS) is 24.0.